The van der Waals surface area contributed by atoms with E-state index in [-0.39, 0.29) is 23.6 Å². The maximum atomic E-state index is 13.8. The third kappa shape index (κ3) is 2.44. The summed E-state index contributed by atoms with van der Waals surface area (Å²) in [5.41, 5.74) is 0.172. The van der Waals surface area contributed by atoms with Crippen LogP contribution in [0.3, 0.4) is 0 Å². The number of amides is 1. The number of nitrogens with zero attached hydrogens (tertiary/aromatic N) is 1. The number of likely N-dealkylation sites (tertiary alicyclic amines) is 1. The van der Waals surface area contributed by atoms with Crippen molar-refractivity contribution in [3.8, 4) is 0 Å². The third-order valence-corrected chi connectivity index (χ3v) is 4.15. The lowest BCUT2D eigenvalue weighted by molar-refractivity contribution is 0.0671. The van der Waals surface area contributed by atoms with Crippen LogP contribution in [0.2, 0.25) is 0 Å². The summed E-state index contributed by atoms with van der Waals surface area (Å²) in [4.78, 5) is 14.3. The summed E-state index contributed by atoms with van der Waals surface area (Å²) in [5, 5.41) is 0. The molecule has 0 N–H and O–H groups in total. The van der Waals surface area contributed by atoms with Crippen LogP contribution in [0.1, 0.15) is 43.5 Å². The summed E-state index contributed by atoms with van der Waals surface area (Å²) >= 11 is 3.20. The summed E-state index contributed by atoms with van der Waals surface area (Å²) in [5.74, 6) is -0.639. The van der Waals surface area contributed by atoms with E-state index in [0.29, 0.717) is 4.47 Å². The average Bonchev–Trinajstić information content (AvgIpc) is 2.69. The molecule has 2 unspecified atom stereocenters. The number of benzene rings is 1. The van der Waals surface area contributed by atoms with E-state index in [1.165, 1.54) is 6.07 Å². The van der Waals surface area contributed by atoms with Gasteiger partial charge in [0.2, 0.25) is 0 Å². The van der Waals surface area contributed by atoms with E-state index >= 15 is 0 Å². The quantitative estimate of drug-likeness (QED) is 0.808. The van der Waals surface area contributed by atoms with Crippen molar-refractivity contribution < 1.29 is 9.18 Å². The second-order valence-corrected chi connectivity index (χ2v) is 5.74. The van der Waals surface area contributed by atoms with E-state index in [0.717, 1.165) is 19.3 Å². The van der Waals surface area contributed by atoms with Gasteiger partial charge in [-0.25, -0.2) is 4.39 Å². The van der Waals surface area contributed by atoms with Crippen LogP contribution in [0.15, 0.2) is 22.7 Å². The van der Waals surface area contributed by atoms with Gasteiger partial charge in [-0.2, -0.15) is 0 Å². The lowest BCUT2D eigenvalue weighted by Crippen LogP contribution is -2.40. The Bertz CT molecular complexity index is 463. The van der Waals surface area contributed by atoms with Gasteiger partial charge in [0.25, 0.3) is 5.91 Å². The first-order valence-corrected chi connectivity index (χ1v) is 7.11. The molecule has 1 aliphatic rings. The highest BCUT2D eigenvalue weighted by molar-refractivity contribution is 9.10. The molecule has 1 saturated heterocycles. The van der Waals surface area contributed by atoms with E-state index in [4.69, 9.17) is 0 Å². The van der Waals surface area contributed by atoms with Gasteiger partial charge in [-0.3, -0.25) is 4.79 Å². The van der Waals surface area contributed by atoms with E-state index in [1.54, 1.807) is 12.1 Å². The SMILES string of the molecule is CCC1CCC(C)N1C(=O)c1ccc(Br)cc1F. The average molecular weight is 314 g/mol. The number of halogens is 2. The van der Waals surface area contributed by atoms with Crippen LogP contribution in [0, 0.1) is 5.82 Å². The van der Waals surface area contributed by atoms with Gasteiger partial charge in [-0.1, -0.05) is 22.9 Å². The smallest absolute Gasteiger partial charge is 0.257 e. The van der Waals surface area contributed by atoms with Gasteiger partial charge < -0.3 is 4.90 Å². The van der Waals surface area contributed by atoms with Crippen LogP contribution >= 0.6 is 15.9 Å². The second-order valence-electron chi connectivity index (χ2n) is 4.83. The maximum Gasteiger partial charge on any atom is 0.257 e. The Kier molecular flexibility index (Phi) is 4.05. The van der Waals surface area contributed by atoms with Crippen LogP contribution in [-0.2, 0) is 0 Å². The molecule has 1 amide bonds. The molecule has 0 aliphatic carbocycles. The molecule has 18 heavy (non-hydrogen) atoms. The fraction of sp³-hybridized carbons (Fsp3) is 0.500. The maximum absolute atomic E-state index is 13.8. The van der Waals surface area contributed by atoms with E-state index in [1.807, 2.05) is 11.8 Å². The minimum atomic E-state index is -0.455. The lowest BCUT2D eigenvalue weighted by atomic mass is 10.1. The normalized spacial score (nSPS) is 23.4. The number of carbonyl (C=O) groups is 1. The fourth-order valence-electron chi connectivity index (χ4n) is 2.64. The molecule has 1 aromatic carbocycles. The summed E-state index contributed by atoms with van der Waals surface area (Å²) in [6.45, 7) is 4.10. The molecule has 0 aromatic heterocycles. The molecule has 1 aliphatic heterocycles. The van der Waals surface area contributed by atoms with Gasteiger partial charge in [-0.15, -0.1) is 0 Å². The molecule has 0 bridgehead atoms. The molecule has 1 aromatic rings. The largest absolute Gasteiger partial charge is 0.333 e. The number of hydrogen-bond acceptors (Lipinski definition) is 1. The van der Waals surface area contributed by atoms with Gasteiger partial charge in [0.1, 0.15) is 5.82 Å². The molecule has 1 fully saturated rings. The highest BCUT2D eigenvalue weighted by Gasteiger charge is 2.34. The molecule has 2 atom stereocenters. The zero-order chi connectivity index (χ0) is 13.3. The summed E-state index contributed by atoms with van der Waals surface area (Å²) in [7, 11) is 0. The Balaban J connectivity index is 2.30. The first kappa shape index (κ1) is 13.5. The molecule has 0 spiro atoms. The molecule has 1 heterocycles. The topological polar surface area (TPSA) is 20.3 Å². The van der Waals surface area contributed by atoms with Crippen LogP contribution in [0.4, 0.5) is 4.39 Å². The van der Waals surface area contributed by atoms with E-state index in [2.05, 4.69) is 22.9 Å². The Morgan fingerprint density at radius 1 is 1.50 bits per heavy atom. The lowest BCUT2D eigenvalue weighted by Gasteiger charge is -2.28. The van der Waals surface area contributed by atoms with Crippen LogP contribution in [0.25, 0.3) is 0 Å². The molecule has 0 radical (unpaired) electrons. The Hall–Kier alpha value is -0.900. The Labute approximate surface area is 115 Å². The first-order valence-electron chi connectivity index (χ1n) is 6.32. The standard InChI is InChI=1S/C14H17BrFNO/c1-3-11-6-4-9(2)17(11)14(18)12-7-5-10(15)8-13(12)16/h5,7-9,11H,3-4,6H2,1-2H3. The van der Waals surface area contributed by atoms with Crippen LogP contribution in [-0.4, -0.2) is 22.9 Å². The van der Waals surface area contributed by atoms with Crippen molar-refractivity contribution in [1.82, 2.24) is 4.90 Å². The van der Waals surface area contributed by atoms with Gasteiger partial charge in [0, 0.05) is 16.6 Å². The Morgan fingerprint density at radius 2 is 2.22 bits per heavy atom. The third-order valence-electron chi connectivity index (χ3n) is 3.65. The number of carbonyl (C=O) groups excluding carboxylic acids is 1. The van der Waals surface area contributed by atoms with Crippen LogP contribution in [0.5, 0.6) is 0 Å². The van der Waals surface area contributed by atoms with Crippen molar-refractivity contribution in [2.45, 2.75) is 45.2 Å². The first-order chi connectivity index (χ1) is 8.54. The van der Waals surface area contributed by atoms with Gasteiger partial charge in [0.15, 0.2) is 0 Å². The number of rotatable bonds is 2. The molecule has 98 valence electrons. The molecular formula is C14H17BrFNO. The zero-order valence-corrected chi connectivity index (χ0v) is 12.2. The van der Waals surface area contributed by atoms with E-state index in [9.17, 15) is 9.18 Å². The summed E-state index contributed by atoms with van der Waals surface area (Å²) in [6.07, 6.45) is 2.94. The number of hydrogen-bond donors (Lipinski definition) is 0. The van der Waals surface area contributed by atoms with Gasteiger partial charge in [0.05, 0.1) is 5.56 Å². The van der Waals surface area contributed by atoms with Crippen LogP contribution < -0.4 is 0 Å². The Morgan fingerprint density at radius 3 is 2.83 bits per heavy atom. The minimum absolute atomic E-state index is 0.172. The van der Waals surface area contributed by atoms with Crippen molar-refractivity contribution in [2.24, 2.45) is 0 Å². The minimum Gasteiger partial charge on any atom is -0.333 e. The van der Waals surface area contributed by atoms with Crippen molar-refractivity contribution in [1.29, 1.82) is 0 Å². The van der Waals surface area contributed by atoms with Gasteiger partial charge in [-0.05, 0) is 44.4 Å². The highest BCUT2D eigenvalue weighted by Crippen LogP contribution is 2.28. The highest BCUT2D eigenvalue weighted by atomic mass is 79.9. The zero-order valence-electron chi connectivity index (χ0n) is 10.6. The van der Waals surface area contributed by atoms with Crippen molar-refractivity contribution >= 4 is 21.8 Å². The summed E-state index contributed by atoms with van der Waals surface area (Å²) in [6, 6.07) is 5.05. The van der Waals surface area contributed by atoms with Crippen molar-refractivity contribution in [3.05, 3.63) is 34.1 Å². The monoisotopic (exact) mass is 313 g/mol. The molecule has 4 heteroatoms. The summed E-state index contributed by atoms with van der Waals surface area (Å²) < 4.78 is 14.5. The van der Waals surface area contributed by atoms with Crippen molar-refractivity contribution in [2.75, 3.05) is 0 Å². The van der Waals surface area contributed by atoms with Crippen molar-refractivity contribution in [3.63, 3.8) is 0 Å². The molecule has 0 saturated carbocycles. The molecule has 2 nitrogen and oxygen atoms in total. The predicted molar refractivity (Wildman–Crippen MR) is 73.0 cm³/mol. The predicted octanol–water partition coefficient (Wildman–Crippen LogP) is 3.99. The van der Waals surface area contributed by atoms with E-state index < -0.39 is 5.82 Å². The fourth-order valence-corrected chi connectivity index (χ4v) is 2.97. The van der Waals surface area contributed by atoms with Gasteiger partial charge >= 0.3 is 0 Å². The molecular weight excluding hydrogens is 297 g/mol. The molecule has 2 rings (SSSR count). The second kappa shape index (κ2) is 5.39.